The minimum Gasteiger partial charge on any atom is -0.452 e. The summed E-state index contributed by atoms with van der Waals surface area (Å²) in [6.07, 6.45) is 0. The first-order valence-electron chi connectivity index (χ1n) is 7.28. The van der Waals surface area contributed by atoms with Crippen molar-refractivity contribution < 1.29 is 19.1 Å². The number of nitrogens with one attached hydrogen (secondary N) is 1. The third-order valence-electron chi connectivity index (χ3n) is 3.18. The van der Waals surface area contributed by atoms with Crippen LogP contribution in [0.5, 0.6) is 0 Å². The lowest BCUT2D eigenvalue weighted by atomic mass is 10.1. The van der Waals surface area contributed by atoms with Gasteiger partial charge in [-0.15, -0.1) is 0 Å². The number of hydrogen-bond donors (Lipinski definition) is 1. The van der Waals surface area contributed by atoms with Crippen molar-refractivity contribution in [1.29, 1.82) is 5.26 Å². The van der Waals surface area contributed by atoms with Gasteiger partial charge in [-0.25, -0.2) is 4.79 Å². The summed E-state index contributed by atoms with van der Waals surface area (Å²) in [5.74, 6) is -1.19. The van der Waals surface area contributed by atoms with Crippen molar-refractivity contribution in [2.45, 2.75) is 6.61 Å². The van der Waals surface area contributed by atoms with E-state index in [1.165, 1.54) is 12.1 Å². The molecule has 2 aromatic carbocycles. The maximum Gasteiger partial charge on any atom is 0.338 e. The van der Waals surface area contributed by atoms with Gasteiger partial charge in [-0.1, -0.05) is 23.7 Å². The number of nitrogens with zero attached hydrogens (tertiary/aromatic N) is 1. The van der Waals surface area contributed by atoms with E-state index in [0.29, 0.717) is 17.2 Å². The predicted octanol–water partition coefficient (Wildman–Crippen LogP) is 3.15. The number of benzene rings is 2. The number of carbonyl (C=O) groups excluding carboxylic acids is 2. The molecule has 0 atom stereocenters. The summed E-state index contributed by atoms with van der Waals surface area (Å²) in [7, 11) is 1.56. The van der Waals surface area contributed by atoms with E-state index in [-0.39, 0.29) is 11.3 Å². The highest BCUT2D eigenvalue weighted by atomic mass is 35.5. The molecule has 0 spiro atoms. The average molecular weight is 359 g/mol. The van der Waals surface area contributed by atoms with E-state index in [9.17, 15) is 9.59 Å². The van der Waals surface area contributed by atoms with Crippen molar-refractivity contribution in [1.82, 2.24) is 0 Å². The number of esters is 1. The second-order valence-corrected chi connectivity index (χ2v) is 5.50. The number of anilines is 1. The smallest absolute Gasteiger partial charge is 0.338 e. The van der Waals surface area contributed by atoms with Gasteiger partial charge in [-0.3, -0.25) is 4.79 Å². The summed E-state index contributed by atoms with van der Waals surface area (Å²) in [6, 6.07) is 13.2. The van der Waals surface area contributed by atoms with Crippen molar-refractivity contribution in [3.8, 4) is 6.07 Å². The first-order chi connectivity index (χ1) is 12.0. The van der Waals surface area contributed by atoms with Crippen LogP contribution in [0.4, 0.5) is 5.69 Å². The number of rotatable bonds is 6. The minimum atomic E-state index is -0.625. The summed E-state index contributed by atoms with van der Waals surface area (Å²) in [5.41, 5.74) is 1.66. The van der Waals surface area contributed by atoms with Crippen LogP contribution in [0.2, 0.25) is 5.02 Å². The minimum absolute atomic E-state index is 0.261. The summed E-state index contributed by atoms with van der Waals surface area (Å²) in [4.78, 5) is 24.0. The summed E-state index contributed by atoms with van der Waals surface area (Å²) in [5, 5.41) is 11.9. The van der Waals surface area contributed by atoms with Crippen molar-refractivity contribution in [2.24, 2.45) is 0 Å². The lowest BCUT2D eigenvalue weighted by Crippen LogP contribution is -2.21. The fourth-order valence-corrected chi connectivity index (χ4v) is 2.24. The SMILES string of the molecule is COCc1cccc(C(=O)OCC(=O)Nc2cc(Cl)ccc2C#N)c1. The molecule has 0 aromatic heterocycles. The molecule has 7 heteroatoms. The van der Waals surface area contributed by atoms with Crippen molar-refractivity contribution >= 4 is 29.2 Å². The zero-order valence-corrected chi connectivity index (χ0v) is 14.2. The first kappa shape index (κ1) is 18.5. The fourth-order valence-electron chi connectivity index (χ4n) is 2.07. The third-order valence-corrected chi connectivity index (χ3v) is 3.42. The molecule has 0 unspecified atom stereocenters. The second kappa shape index (κ2) is 8.83. The maximum absolute atomic E-state index is 12.0. The predicted molar refractivity (Wildman–Crippen MR) is 92.2 cm³/mol. The Bertz CT molecular complexity index is 830. The van der Waals surface area contributed by atoms with Gasteiger partial charge in [-0.2, -0.15) is 5.26 Å². The number of ether oxygens (including phenoxy) is 2. The Morgan fingerprint density at radius 3 is 2.76 bits per heavy atom. The topological polar surface area (TPSA) is 88.4 Å². The van der Waals surface area contributed by atoms with Crippen LogP contribution in [0.15, 0.2) is 42.5 Å². The Morgan fingerprint density at radius 1 is 1.24 bits per heavy atom. The molecular formula is C18H15ClN2O4. The second-order valence-electron chi connectivity index (χ2n) is 5.06. The van der Waals surface area contributed by atoms with E-state index in [4.69, 9.17) is 26.3 Å². The molecule has 0 heterocycles. The van der Waals surface area contributed by atoms with Gasteiger partial charge in [0.1, 0.15) is 6.07 Å². The number of halogens is 1. The van der Waals surface area contributed by atoms with E-state index in [2.05, 4.69) is 5.32 Å². The molecule has 2 aromatic rings. The molecular weight excluding hydrogens is 344 g/mol. The monoisotopic (exact) mass is 358 g/mol. The van der Waals surface area contributed by atoms with E-state index < -0.39 is 18.5 Å². The standard InChI is InChI=1S/C18H15ClN2O4/c1-24-10-12-3-2-4-13(7-12)18(23)25-11-17(22)21-16-8-15(19)6-5-14(16)9-20/h2-8H,10-11H2,1H3,(H,21,22). The lowest BCUT2D eigenvalue weighted by Gasteiger charge is -2.09. The number of amides is 1. The summed E-state index contributed by atoms with van der Waals surface area (Å²) in [6.45, 7) is -0.113. The van der Waals surface area contributed by atoms with Crippen LogP contribution in [0.1, 0.15) is 21.5 Å². The van der Waals surface area contributed by atoms with Crippen molar-refractivity contribution in [2.75, 3.05) is 19.0 Å². The van der Waals surface area contributed by atoms with E-state index in [0.717, 1.165) is 5.56 Å². The Hall–Kier alpha value is -2.88. The fraction of sp³-hybridized carbons (Fsp3) is 0.167. The average Bonchev–Trinajstić information content (AvgIpc) is 2.60. The molecule has 0 saturated heterocycles. The van der Waals surface area contributed by atoms with Gasteiger partial charge in [0.05, 0.1) is 23.4 Å². The zero-order chi connectivity index (χ0) is 18.2. The molecule has 1 amide bonds. The maximum atomic E-state index is 12.0. The van der Waals surface area contributed by atoms with Gasteiger partial charge in [0, 0.05) is 12.1 Å². The number of methoxy groups -OCH3 is 1. The van der Waals surface area contributed by atoms with Crippen LogP contribution in [-0.4, -0.2) is 25.6 Å². The molecule has 0 aliphatic rings. The van der Waals surface area contributed by atoms with E-state index in [1.54, 1.807) is 31.4 Å². The lowest BCUT2D eigenvalue weighted by molar-refractivity contribution is -0.119. The molecule has 0 radical (unpaired) electrons. The molecule has 0 aliphatic heterocycles. The molecule has 0 saturated carbocycles. The van der Waals surface area contributed by atoms with E-state index in [1.807, 2.05) is 12.1 Å². The van der Waals surface area contributed by atoms with Crippen LogP contribution in [0.25, 0.3) is 0 Å². The quantitative estimate of drug-likeness (QED) is 0.801. The van der Waals surface area contributed by atoms with Crippen LogP contribution in [-0.2, 0) is 20.9 Å². The van der Waals surface area contributed by atoms with Crippen molar-refractivity contribution in [3.05, 3.63) is 64.2 Å². The molecule has 1 N–H and O–H groups in total. The Morgan fingerprint density at radius 2 is 2.04 bits per heavy atom. The summed E-state index contributed by atoms with van der Waals surface area (Å²) >= 11 is 5.85. The molecule has 2 rings (SSSR count). The molecule has 0 aliphatic carbocycles. The highest BCUT2D eigenvalue weighted by Gasteiger charge is 2.12. The molecule has 0 fully saturated rings. The zero-order valence-electron chi connectivity index (χ0n) is 13.4. The largest absolute Gasteiger partial charge is 0.452 e. The highest BCUT2D eigenvalue weighted by molar-refractivity contribution is 6.31. The van der Waals surface area contributed by atoms with Crippen LogP contribution in [0.3, 0.4) is 0 Å². The third kappa shape index (κ3) is 5.31. The van der Waals surface area contributed by atoms with Gasteiger partial charge in [-0.05, 0) is 35.9 Å². The van der Waals surface area contributed by atoms with E-state index >= 15 is 0 Å². The van der Waals surface area contributed by atoms with Crippen LogP contribution < -0.4 is 5.32 Å². The number of hydrogen-bond acceptors (Lipinski definition) is 5. The van der Waals surface area contributed by atoms with Crippen LogP contribution >= 0.6 is 11.6 Å². The van der Waals surface area contributed by atoms with Gasteiger partial charge in [0.25, 0.3) is 5.91 Å². The van der Waals surface area contributed by atoms with Crippen LogP contribution in [0, 0.1) is 11.3 Å². The van der Waals surface area contributed by atoms with Gasteiger partial charge in [0.2, 0.25) is 0 Å². The number of nitriles is 1. The molecule has 6 nitrogen and oxygen atoms in total. The molecule has 128 valence electrons. The Labute approximate surface area is 149 Å². The first-order valence-corrected chi connectivity index (χ1v) is 7.66. The highest BCUT2D eigenvalue weighted by Crippen LogP contribution is 2.20. The number of carbonyl (C=O) groups is 2. The molecule has 25 heavy (non-hydrogen) atoms. The van der Waals surface area contributed by atoms with Gasteiger partial charge < -0.3 is 14.8 Å². The Kier molecular flexibility index (Phi) is 6.52. The normalized spacial score (nSPS) is 9.96. The summed E-state index contributed by atoms with van der Waals surface area (Å²) < 4.78 is 10.00. The van der Waals surface area contributed by atoms with Gasteiger partial charge >= 0.3 is 5.97 Å². The Balaban J connectivity index is 1.96. The van der Waals surface area contributed by atoms with Gasteiger partial charge in [0.15, 0.2) is 6.61 Å². The molecule has 0 bridgehead atoms. The van der Waals surface area contributed by atoms with Crippen molar-refractivity contribution in [3.63, 3.8) is 0 Å².